The van der Waals surface area contributed by atoms with Gasteiger partial charge in [-0.2, -0.15) is 13.2 Å². The predicted molar refractivity (Wildman–Crippen MR) is 74.6 cm³/mol. The van der Waals surface area contributed by atoms with E-state index in [1.807, 2.05) is 0 Å². The number of hydrogen-bond donors (Lipinski definition) is 1. The number of benzene rings is 1. The molecule has 2 rings (SSSR count). The Morgan fingerprint density at radius 3 is 2.48 bits per heavy atom. The third-order valence-electron chi connectivity index (χ3n) is 2.73. The number of nitrogens with zero attached hydrogens (tertiary/aromatic N) is 1. The van der Waals surface area contributed by atoms with Crippen LogP contribution in [0.3, 0.4) is 0 Å². The highest BCUT2D eigenvalue weighted by atomic mass is 79.9. The summed E-state index contributed by atoms with van der Waals surface area (Å²) in [5.41, 5.74) is -0.618. The van der Waals surface area contributed by atoms with Crippen LogP contribution in [0.1, 0.15) is 21.5 Å². The van der Waals surface area contributed by atoms with Crippen molar-refractivity contribution in [3.63, 3.8) is 0 Å². The van der Waals surface area contributed by atoms with Crippen molar-refractivity contribution in [2.75, 3.05) is 0 Å². The van der Waals surface area contributed by atoms with E-state index in [-0.39, 0.29) is 11.0 Å². The van der Waals surface area contributed by atoms with Crippen LogP contribution in [-0.2, 0) is 12.7 Å². The third-order valence-corrected chi connectivity index (χ3v) is 3.23. The summed E-state index contributed by atoms with van der Waals surface area (Å²) in [5.74, 6) is -0.772. The van der Waals surface area contributed by atoms with Crippen LogP contribution in [0.25, 0.3) is 0 Å². The van der Waals surface area contributed by atoms with Crippen LogP contribution in [0.15, 0.2) is 47.2 Å². The quantitative estimate of drug-likeness (QED) is 0.906. The summed E-state index contributed by atoms with van der Waals surface area (Å²) in [7, 11) is 0. The molecule has 0 radical (unpaired) electrons. The monoisotopic (exact) mass is 358 g/mol. The fourth-order valence-corrected chi connectivity index (χ4v) is 2.09. The lowest BCUT2D eigenvalue weighted by Gasteiger charge is -2.13. The van der Waals surface area contributed by atoms with Crippen molar-refractivity contribution in [3.8, 4) is 0 Å². The van der Waals surface area contributed by atoms with Gasteiger partial charge in [0.25, 0.3) is 5.91 Å². The lowest BCUT2D eigenvalue weighted by Crippen LogP contribution is -2.25. The van der Waals surface area contributed by atoms with Gasteiger partial charge in [0.15, 0.2) is 0 Å². The van der Waals surface area contributed by atoms with Gasteiger partial charge in [0.1, 0.15) is 0 Å². The Balaban J connectivity index is 2.20. The van der Waals surface area contributed by atoms with Crippen molar-refractivity contribution in [2.45, 2.75) is 12.7 Å². The van der Waals surface area contributed by atoms with Crippen LogP contribution in [0.2, 0.25) is 0 Å². The molecule has 0 atom stereocenters. The lowest BCUT2D eigenvalue weighted by atomic mass is 10.1. The second kappa shape index (κ2) is 6.26. The van der Waals surface area contributed by atoms with Crippen LogP contribution in [0.5, 0.6) is 0 Å². The Kier molecular flexibility index (Phi) is 4.62. The van der Waals surface area contributed by atoms with Gasteiger partial charge in [-0.25, -0.2) is 0 Å². The molecule has 0 unspecified atom stereocenters. The first-order valence-corrected chi connectivity index (χ1v) is 6.71. The van der Waals surface area contributed by atoms with Crippen LogP contribution in [0.4, 0.5) is 13.2 Å². The molecular formula is C14H10BrF3N2O. The highest BCUT2D eigenvalue weighted by Gasteiger charge is 2.35. The molecule has 0 aliphatic rings. The van der Waals surface area contributed by atoms with Gasteiger partial charge in [0.05, 0.1) is 11.1 Å². The number of alkyl halides is 3. The summed E-state index contributed by atoms with van der Waals surface area (Å²) in [5, 5.41) is 2.47. The first kappa shape index (κ1) is 15.5. The molecule has 0 spiro atoms. The number of pyridine rings is 1. The summed E-state index contributed by atoms with van der Waals surface area (Å²) in [6.45, 7) is 0.134. The van der Waals surface area contributed by atoms with E-state index in [2.05, 4.69) is 26.2 Å². The van der Waals surface area contributed by atoms with Crippen LogP contribution in [-0.4, -0.2) is 10.9 Å². The number of aromatic nitrogens is 1. The minimum absolute atomic E-state index is 0.134. The lowest BCUT2D eigenvalue weighted by molar-refractivity contribution is -0.138. The van der Waals surface area contributed by atoms with Crippen molar-refractivity contribution < 1.29 is 18.0 Å². The van der Waals surface area contributed by atoms with E-state index in [0.717, 1.165) is 17.7 Å². The zero-order chi connectivity index (χ0) is 15.5. The van der Waals surface area contributed by atoms with Gasteiger partial charge in [-0.05, 0) is 35.9 Å². The minimum Gasteiger partial charge on any atom is -0.348 e. The van der Waals surface area contributed by atoms with E-state index in [4.69, 9.17) is 0 Å². The molecule has 2 aromatic rings. The molecule has 0 saturated heterocycles. The standard InChI is InChI=1S/C14H10BrF3N2O/c15-10-1-2-11(12(7-10)14(16,17)18)13(21)20-8-9-3-5-19-6-4-9/h1-7H,8H2,(H,20,21). The summed E-state index contributed by atoms with van der Waals surface area (Å²) in [6, 6.07) is 6.78. The first-order chi connectivity index (χ1) is 9.88. The molecular weight excluding hydrogens is 349 g/mol. The van der Waals surface area contributed by atoms with E-state index in [1.54, 1.807) is 24.5 Å². The topological polar surface area (TPSA) is 42.0 Å². The van der Waals surface area contributed by atoms with Gasteiger partial charge < -0.3 is 5.32 Å². The molecule has 110 valence electrons. The van der Waals surface area contributed by atoms with Gasteiger partial charge in [-0.3, -0.25) is 9.78 Å². The third kappa shape index (κ3) is 4.04. The molecule has 0 fully saturated rings. The molecule has 3 nitrogen and oxygen atoms in total. The maximum Gasteiger partial charge on any atom is 0.417 e. The van der Waals surface area contributed by atoms with E-state index >= 15 is 0 Å². The number of halogens is 4. The normalized spacial score (nSPS) is 11.2. The average Bonchev–Trinajstić information content (AvgIpc) is 2.45. The van der Waals surface area contributed by atoms with Gasteiger partial charge in [-0.1, -0.05) is 15.9 Å². The predicted octanol–water partition coefficient (Wildman–Crippen LogP) is 3.79. The van der Waals surface area contributed by atoms with Gasteiger partial charge in [-0.15, -0.1) is 0 Å². The van der Waals surface area contributed by atoms with E-state index in [0.29, 0.717) is 0 Å². The number of rotatable bonds is 3. The van der Waals surface area contributed by atoms with Crippen molar-refractivity contribution in [3.05, 3.63) is 63.9 Å². The Morgan fingerprint density at radius 1 is 1.19 bits per heavy atom. The van der Waals surface area contributed by atoms with Crippen molar-refractivity contribution >= 4 is 21.8 Å². The molecule has 21 heavy (non-hydrogen) atoms. The molecule has 1 aromatic carbocycles. The Morgan fingerprint density at radius 2 is 1.86 bits per heavy atom. The number of amides is 1. The molecule has 0 aliphatic carbocycles. The molecule has 7 heteroatoms. The van der Waals surface area contributed by atoms with Crippen LogP contribution < -0.4 is 5.32 Å². The van der Waals surface area contributed by atoms with Gasteiger partial charge in [0.2, 0.25) is 0 Å². The Hall–Kier alpha value is -1.89. The Bertz CT molecular complexity index is 644. The summed E-state index contributed by atoms with van der Waals surface area (Å²) in [6.07, 6.45) is -1.50. The van der Waals surface area contributed by atoms with Crippen LogP contribution in [0, 0.1) is 0 Å². The number of nitrogens with one attached hydrogen (secondary N) is 1. The fourth-order valence-electron chi connectivity index (χ4n) is 1.73. The zero-order valence-electron chi connectivity index (χ0n) is 10.6. The average molecular weight is 359 g/mol. The molecule has 1 aromatic heterocycles. The number of carbonyl (C=O) groups is 1. The molecule has 1 amide bonds. The maximum atomic E-state index is 12.9. The minimum atomic E-state index is -4.59. The fraction of sp³-hybridized carbons (Fsp3) is 0.143. The first-order valence-electron chi connectivity index (χ1n) is 5.92. The number of hydrogen-bond acceptors (Lipinski definition) is 2. The van der Waals surface area contributed by atoms with Crippen LogP contribution >= 0.6 is 15.9 Å². The highest BCUT2D eigenvalue weighted by Crippen LogP contribution is 2.33. The maximum absolute atomic E-state index is 12.9. The van der Waals surface area contributed by atoms with E-state index in [9.17, 15) is 18.0 Å². The molecule has 1 N–H and O–H groups in total. The zero-order valence-corrected chi connectivity index (χ0v) is 12.2. The van der Waals surface area contributed by atoms with Crippen molar-refractivity contribution in [1.29, 1.82) is 0 Å². The van der Waals surface area contributed by atoms with E-state index in [1.165, 1.54) is 6.07 Å². The summed E-state index contributed by atoms with van der Waals surface area (Å²) >= 11 is 2.97. The smallest absolute Gasteiger partial charge is 0.348 e. The SMILES string of the molecule is O=C(NCc1ccncc1)c1ccc(Br)cc1C(F)(F)F. The van der Waals surface area contributed by atoms with Crippen molar-refractivity contribution in [1.82, 2.24) is 10.3 Å². The molecule has 0 saturated carbocycles. The van der Waals surface area contributed by atoms with Crippen molar-refractivity contribution in [2.24, 2.45) is 0 Å². The molecule has 1 heterocycles. The van der Waals surface area contributed by atoms with Gasteiger partial charge in [0, 0.05) is 23.4 Å². The molecule has 0 aliphatic heterocycles. The highest BCUT2D eigenvalue weighted by molar-refractivity contribution is 9.10. The summed E-state index contributed by atoms with van der Waals surface area (Å²) in [4.78, 5) is 15.8. The Labute approximate surface area is 127 Å². The second-order valence-electron chi connectivity index (χ2n) is 4.23. The molecule has 0 bridgehead atoms. The summed E-state index contributed by atoms with van der Waals surface area (Å²) < 4.78 is 39.1. The number of carbonyl (C=O) groups excluding carboxylic acids is 1. The van der Waals surface area contributed by atoms with E-state index < -0.39 is 23.2 Å². The largest absolute Gasteiger partial charge is 0.417 e. The second-order valence-corrected chi connectivity index (χ2v) is 5.14. The van der Waals surface area contributed by atoms with Gasteiger partial charge >= 0.3 is 6.18 Å².